The summed E-state index contributed by atoms with van der Waals surface area (Å²) in [4.78, 5) is 89.2. The van der Waals surface area contributed by atoms with Crippen LogP contribution in [0.4, 0.5) is 10.1 Å². The number of halogens is 1. The second kappa shape index (κ2) is 33.7. The van der Waals surface area contributed by atoms with E-state index in [2.05, 4.69) is 16.0 Å². The Kier molecular flexibility index (Phi) is 25.7. The first-order valence-electron chi connectivity index (χ1n) is 28.5. The van der Waals surface area contributed by atoms with Crippen LogP contribution in [-0.2, 0) is 54.1 Å². The number of anilines is 1. The number of amides is 6. The summed E-state index contributed by atoms with van der Waals surface area (Å²) < 4.78 is 61.1. The van der Waals surface area contributed by atoms with Crippen LogP contribution in [0.5, 0.6) is 11.5 Å². The Bertz CT molecular complexity index is 3070. The second-order valence-corrected chi connectivity index (χ2v) is 20.4. The molecule has 1 fully saturated rings. The van der Waals surface area contributed by atoms with E-state index >= 15 is 0 Å². The summed E-state index contributed by atoms with van der Waals surface area (Å²) in [6.45, 7) is 8.22. The van der Waals surface area contributed by atoms with Crippen molar-refractivity contribution in [2.45, 2.75) is 76.7 Å². The SMILES string of the molecule is CC(C)c1c(C(=O)Nc2ccc(OCCOCCOCCOCCOCCOCCOCCNC(=O)COc3cccc4c3C(=O)N(C3CCC(=O)NC3=O)C4=O)cc2)c(-c2ccccc2)c(-c2ccc(F)cc2)n1CCC(O)CC(O)CC(=O)O. The topological polar surface area (TPSA) is 298 Å². The van der Waals surface area contributed by atoms with Crippen molar-refractivity contribution in [1.82, 2.24) is 20.1 Å². The molecule has 2 aliphatic heterocycles. The molecule has 3 atom stereocenters. The Hall–Kier alpha value is -7.94. The number of carboxylic acid groups (broad SMARTS) is 1. The molecule has 2 aliphatic rings. The van der Waals surface area contributed by atoms with Crippen molar-refractivity contribution >= 4 is 47.1 Å². The van der Waals surface area contributed by atoms with Crippen molar-refractivity contribution in [3.63, 3.8) is 0 Å². The van der Waals surface area contributed by atoms with Gasteiger partial charge in [-0.1, -0.05) is 50.2 Å². The molecule has 23 nitrogen and oxygen atoms in total. The number of nitrogens with one attached hydrogen (secondary N) is 3. The standard InChI is InChI=1S/C62H74FN5O18/c1-40(2)57-56(54(41-7-4-3-5-8-41)58(42-11-13-43(63)14-12-42)67(57)23-21-45(69)37-46(70)38-53(73)74)60(76)65-44-15-17-47(18-16-44)85-36-35-84-34-33-83-32-31-82-30-29-81-28-27-80-26-25-79-24-22-64-52(72)39-86-50-10-6-9-48-55(50)62(78)68(61(48)77)49-19-20-51(71)66-59(49)75/h3-18,40,45-46,49,69-70H,19-39H2,1-2H3,(H,64,72)(H,65,76)(H,73,74)(H,66,71,75). The van der Waals surface area contributed by atoms with Gasteiger partial charge in [-0.15, -0.1) is 0 Å². The Balaban J connectivity index is 0.712. The number of aliphatic hydroxyl groups is 2. The van der Waals surface area contributed by atoms with Gasteiger partial charge in [0.05, 0.1) is 120 Å². The fourth-order valence-corrected chi connectivity index (χ4v) is 9.80. The number of hydrogen-bond acceptors (Lipinski definition) is 17. The number of piperidine rings is 1. The molecule has 5 aromatic rings. The van der Waals surface area contributed by atoms with Crippen LogP contribution >= 0.6 is 0 Å². The van der Waals surface area contributed by atoms with E-state index in [1.165, 1.54) is 30.3 Å². The fraction of sp³-hybridized carbons (Fsp3) is 0.435. The highest BCUT2D eigenvalue weighted by atomic mass is 19.1. The molecule has 6 N–H and O–H groups in total. The van der Waals surface area contributed by atoms with Gasteiger partial charge < -0.3 is 68.4 Å². The number of benzene rings is 4. The van der Waals surface area contributed by atoms with E-state index < -0.39 is 72.6 Å². The normalized spacial score (nSPS) is 14.7. The predicted molar refractivity (Wildman–Crippen MR) is 309 cm³/mol. The van der Waals surface area contributed by atoms with Crippen molar-refractivity contribution in [3.8, 4) is 33.9 Å². The quantitative estimate of drug-likeness (QED) is 0.0213. The van der Waals surface area contributed by atoms with Crippen LogP contribution in [0, 0.1) is 5.82 Å². The third-order valence-electron chi connectivity index (χ3n) is 13.7. The van der Waals surface area contributed by atoms with Crippen molar-refractivity contribution in [2.75, 3.05) is 104 Å². The van der Waals surface area contributed by atoms with Crippen LogP contribution in [0.2, 0.25) is 0 Å². The molecule has 1 saturated heterocycles. The summed E-state index contributed by atoms with van der Waals surface area (Å²) in [7, 11) is 0. The van der Waals surface area contributed by atoms with Gasteiger partial charge in [0.1, 0.15) is 30.0 Å². The maximum absolute atomic E-state index is 14.6. The molecular weight excluding hydrogens is 1120 g/mol. The predicted octanol–water partition coefficient (Wildman–Crippen LogP) is 5.39. The molecule has 1 aromatic heterocycles. The highest BCUT2D eigenvalue weighted by Crippen LogP contribution is 2.43. The lowest BCUT2D eigenvalue weighted by Crippen LogP contribution is -2.54. The average molecular weight is 1200 g/mol. The summed E-state index contributed by atoms with van der Waals surface area (Å²) in [5, 5.41) is 38.2. The number of carbonyl (C=O) groups excluding carboxylic acids is 6. The molecule has 3 unspecified atom stereocenters. The average Bonchev–Trinajstić information content (AvgIpc) is 1.70. The van der Waals surface area contributed by atoms with Crippen LogP contribution in [0.1, 0.15) is 88.6 Å². The minimum atomic E-state index is -1.24. The lowest BCUT2D eigenvalue weighted by atomic mass is 9.94. The summed E-state index contributed by atoms with van der Waals surface area (Å²) in [6, 6.07) is 25.6. The lowest BCUT2D eigenvalue weighted by molar-refractivity contribution is -0.140. The zero-order valence-electron chi connectivity index (χ0n) is 48.1. The zero-order valence-corrected chi connectivity index (χ0v) is 48.1. The monoisotopic (exact) mass is 1200 g/mol. The Morgan fingerprint density at radius 1 is 0.674 bits per heavy atom. The number of rotatable bonds is 38. The van der Waals surface area contributed by atoms with Gasteiger partial charge in [0.2, 0.25) is 11.8 Å². The first-order chi connectivity index (χ1) is 41.6. The lowest BCUT2D eigenvalue weighted by Gasteiger charge is -2.27. The van der Waals surface area contributed by atoms with Crippen molar-refractivity contribution in [2.24, 2.45) is 0 Å². The van der Waals surface area contributed by atoms with Crippen LogP contribution in [0.25, 0.3) is 22.4 Å². The number of imide groups is 2. The molecule has 6 amide bonds. The van der Waals surface area contributed by atoms with Gasteiger partial charge >= 0.3 is 5.97 Å². The number of aliphatic hydroxyl groups excluding tert-OH is 2. The number of aliphatic carboxylic acids is 1. The van der Waals surface area contributed by atoms with Gasteiger partial charge in [-0.3, -0.25) is 43.8 Å². The van der Waals surface area contributed by atoms with Crippen molar-refractivity contribution < 1.29 is 91.2 Å². The van der Waals surface area contributed by atoms with Crippen LogP contribution in [0.3, 0.4) is 0 Å². The molecule has 0 spiro atoms. The maximum atomic E-state index is 14.6. The summed E-state index contributed by atoms with van der Waals surface area (Å²) in [5.41, 5.74) is 4.25. The number of carbonyl (C=O) groups is 7. The van der Waals surface area contributed by atoms with E-state index in [1.807, 2.05) is 48.7 Å². The van der Waals surface area contributed by atoms with E-state index in [-0.39, 0.29) is 87.3 Å². The molecule has 0 radical (unpaired) electrons. The van der Waals surface area contributed by atoms with Crippen LogP contribution in [0.15, 0.2) is 97.1 Å². The number of hydrogen-bond donors (Lipinski definition) is 6. The van der Waals surface area contributed by atoms with Crippen LogP contribution < -0.4 is 25.4 Å². The second-order valence-electron chi connectivity index (χ2n) is 20.4. The summed E-state index contributed by atoms with van der Waals surface area (Å²) in [5.74, 6) is -4.68. The number of fused-ring (bicyclic) bond motifs is 1. The summed E-state index contributed by atoms with van der Waals surface area (Å²) >= 11 is 0. The third-order valence-corrected chi connectivity index (χ3v) is 13.7. The largest absolute Gasteiger partial charge is 0.491 e. The van der Waals surface area contributed by atoms with E-state index in [1.54, 1.807) is 36.4 Å². The molecule has 7 rings (SSSR count). The van der Waals surface area contributed by atoms with Gasteiger partial charge in [0, 0.05) is 36.5 Å². The Morgan fingerprint density at radius 3 is 1.87 bits per heavy atom. The first-order valence-corrected chi connectivity index (χ1v) is 28.5. The Labute approximate surface area is 496 Å². The van der Waals surface area contributed by atoms with E-state index in [9.17, 15) is 48.2 Å². The van der Waals surface area contributed by atoms with Crippen molar-refractivity contribution in [1.29, 1.82) is 0 Å². The van der Waals surface area contributed by atoms with Gasteiger partial charge in [-0.05, 0) is 97.0 Å². The molecule has 462 valence electrons. The fourth-order valence-electron chi connectivity index (χ4n) is 9.80. The number of carboxylic acids is 1. The van der Waals surface area contributed by atoms with E-state index in [0.29, 0.717) is 106 Å². The number of aromatic nitrogens is 1. The van der Waals surface area contributed by atoms with Gasteiger partial charge in [0.25, 0.3) is 23.6 Å². The zero-order chi connectivity index (χ0) is 61.4. The highest BCUT2D eigenvalue weighted by Gasteiger charge is 2.46. The molecule has 86 heavy (non-hydrogen) atoms. The number of nitrogens with zero attached hydrogens (tertiary/aromatic N) is 2. The van der Waals surface area contributed by atoms with Crippen molar-refractivity contribution in [3.05, 3.63) is 125 Å². The smallest absolute Gasteiger partial charge is 0.305 e. The molecule has 0 saturated carbocycles. The summed E-state index contributed by atoms with van der Waals surface area (Å²) in [6.07, 6.45) is -2.77. The van der Waals surface area contributed by atoms with Crippen LogP contribution in [-0.4, -0.2) is 183 Å². The highest BCUT2D eigenvalue weighted by molar-refractivity contribution is 6.24. The van der Waals surface area contributed by atoms with E-state index in [4.69, 9.17) is 43.0 Å². The van der Waals surface area contributed by atoms with Gasteiger partial charge in [-0.25, -0.2) is 4.39 Å². The first kappa shape index (κ1) is 65.6. The minimum Gasteiger partial charge on any atom is -0.491 e. The molecule has 3 heterocycles. The van der Waals surface area contributed by atoms with Gasteiger partial charge in [0.15, 0.2) is 6.61 Å². The molecular formula is C62H74FN5O18. The molecule has 0 aliphatic carbocycles. The number of ether oxygens (including phenoxy) is 8. The molecule has 24 heteroatoms. The van der Waals surface area contributed by atoms with Gasteiger partial charge in [-0.2, -0.15) is 0 Å². The van der Waals surface area contributed by atoms with E-state index in [0.717, 1.165) is 10.5 Å². The minimum absolute atomic E-state index is 0.00596. The third kappa shape index (κ3) is 19.0. The maximum Gasteiger partial charge on any atom is 0.305 e. The Morgan fingerprint density at radius 2 is 1.28 bits per heavy atom. The molecule has 0 bridgehead atoms. The molecule has 4 aromatic carbocycles.